The van der Waals surface area contributed by atoms with Crippen molar-refractivity contribution in [3.05, 3.63) is 11.6 Å². The molecule has 3 N–H and O–H groups in total. The molecule has 150 valence electrons. The number of carbonyl (C=O) groups is 2. The Labute approximate surface area is 160 Å². The zero-order valence-electron chi connectivity index (χ0n) is 16.5. The fraction of sp³-hybridized carbons (Fsp3) is 0.818. The van der Waals surface area contributed by atoms with E-state index in [9.17, 15) is 24.9 Å². The molecule has 5 unspecified atom stereocenters. The number of aliphatic hydroxyl groups is 2. The van der Waals surface area contributed by atoms with Crippen molar-refractivity contribution in [2.75, 3.05) is 0 Å². The van der Waals surface area contributed by atoms with Crippen LogP contribution in [0, 0.1) is 40.4 Å². The van der Waals surface area contributed by atoms with Crippen molar-refractivity contribution >= 4 is 11.8 Å². The molecule has 0 heterocycles. The van der Waals surface area contributed by atoms with Crippen LogP contribution in [0.1, 0.15) is 59.3 Å². The van der Waals surface area contributed by atoms with Crippen molar-refractivity contribution in [3.63, 3.8) is 0 Å². The molecule has 0 aliphatic heterocycles. The van der Waals surface area contributed by atoms with E-state index in [1.807, 2.05) is 0 Å². The number of aliphatic hydroxyl groups excluding tert-OH is 2. The van der Waals surface area contributed by atoms with Gasteiger partial charge in [-0.1, -0.05) is 26.3 Å². The lowest BCUT2D eigenvalue weighted by Crippen LogP contribution is -2.60. The van der Waals surface area contributed by atoms with Crippen molar-refractivity contribution in [1.29, 1.82) is 0 Å². The van der Waals surface area contributed by atoms with Gasteiger partial charge in [0.15, 0.2) is 5.78 Å². The Morgan fingerprint density at radius 3 is 2.59 bits per heavy atom. The van der Waals surface area contributed by atoms with Gasteiger partial charge >= 0.3 is 5.97 Å². The smallest absolute Gasteiger partial charge is 0.306 e. The summed E-state index contributed by atoms with van der Waals surface area (Å²) in [5.41, 5.74) is 0.440. The normalized spacial score (nSPS) is 50.3. The van der Waals surface area contributed by atoms with Crippen LogP contribution in [-0.4, -0.2) is 39.3 Å². The van der Waals surface area contributed by atoms with Gasteiger partial charge in [-0.05, 0) is 67.3 Å². The number of aliphatic carboxylic acids is 1. The fourth-order valence-corrected chi connectivity index (χ4v) is 7.52. The molecule has 0 bridgehead atoms. The maximum Gasteiger partial charge on any atom is 0.306 e. The lowest BCUT2D eigenvalue weighted by atomic mass is 9.45. The number of fused-ring (bicyclic) bond motifs is 5. The molecule has 4 aliphatic carbocycles. The van der Waals surface area contributed by atoms with Gasteiger partial charge in [-0.15, -0.1) is 0 Å². The molecule has 27 heavy (non-hydrogen) atoms. The summed E-state index contributed by atoms with van der Waals surface area (Å²) >= 11 is 0. The van der Waals surface area contributed by atoms with Crippen LogP contribution in [0.4, 0.5) is 0 Å². The summed E-state index contributed by atoms with van der Waals surface area (Å²) in [5, 5.41) is 31.9. The predicted octanol–water partition coefficient (Wildman–Crippen LogP) is 2.80. The van der Waals surface area contributed by atoms with Crippen molar-refractivity contribution < 1.29 is 24.9 Å². The molecule has 5 heteroatoms. The highest BCUT2D eigenvalue weighted by molar-refractivity contribution is 5.91. The zero-order valence-corrected chi connectivity index (χ0v) is 16.5. The van der Waals surface area contributed by atoms with Crippen molar-refractivity contribution in [2.24, 2.45) is 40.4 Å². The van der Waals surface area contributed by atoms with E-state index in [2.05, 4.69) is 13.8 Å². The Morgan fingerprint density at radius 2 is 1.93 bits per heavy atom. The minimum Gasteiger partial charge on any atom is -0.481 e. The van der Waals surface area contributed by atoms with Crippen molar-refractivity contribution in [1.82, 2.24) is 0 Å². The van der Waals surface area contributed by atoms with E-state index < -0.39 is 29.5 Å². The SMILES string of the molecule is CC(C(=O)O)C1CCC2C3C(C[C@H](O)[C@]12C)[C@@]1(C)CCC(=O)C=C1C[C@H]3O. The lowest BCUT2D eigenvalue weighted by Gasteiger charge is -2.61. The van der Waals surface area contributed by atoms with Gasteiger partial charge < -0.3 is 15.3 Å². The van der Waals surface area contributed by atoms with Crippen LogP contribution in [0.2, 0.25) is 0 Å². The van der Waals surface area contributed by atoms with Crippen LogP contribution >= 0.6 is 0 Å². The molecule has 4 aliphatic rings. The first-order valence-electron chi connectivity index (χ1n) is 10.4. The van der Waals surface area contributed by atoms with Crippen LogP contribution in [0.25, 0.3) is 0 Å². The highest BCUT2D eigenvalue weighted by atomic mass is 16.4. The Hall–Kier alpha value is -1.20. The molecule has 3 fully saturated rings. The number of carboxylic acids is 1. The minimum absolute atomic E-state index is 0.0687. The van der Waals surface area contributed by atoms with E-state index in [-0.39, 0.29) is 34.9 Å². The van der Waals surface area contributed by atoms with Gasteiger partial charge in [-0.3, -0.25) is 9.59 Å². The lowest BCUT2D eigenvalue weighted by molar-refractivity contribution is -0.173. The topological polar surface area (TPSA) is 94.8 Å². The van der Waals surface area contributed by atoms with E-state index in [1.165, 1.54) is 0 Å². The Bertz CT molecular complexity index is 699. The van der Waals surface area contributed by atoms with Crippen LogP contribution < -0.4 is 0 Å². The summed E-state index contributed by atoms with van der Waals surface area (Å²) in [4.78, 5) is 23.6. The summed E-state index contributed by atoms with van der Waals surface area (Å²) < 4.78 is 0. The third-order valence-electron chi connectivity index (χ3n) is 9.16. The maximum atomic E-state index is 11.9. The van der Waals surface area contributed by atoms with Crippen LogP contribution in [0.15, 0.2) is 11.6 Å². The summed E-state index contributed by atoms with van der Waals surface area (Å²) in [6, 6.07) is 0. The largest absolute Gasteiger partial charge is 0.481 e. The van der Waals surface area contributed by atoms with Gasteiger partial charge in [-0.2, -0.15) is 0 Å². The summed E-state index contributed by atoms with van der Waals surface area (Å²) in [5.74, 6) is -0.878. The highest BCUT2D eigenvalue weighted by Crippen LogP contribution is 2.67. The summed E-state index contributed by atoms with van der Waals surface area (Å²) in [6.07, 6.45) is 4.75. The molecular formula is C22H32O5. The van der Waals surface area contributed by atoms with E-state index in [1.54, 1.807) is 13.0 Å². The average Bonchev–Trinajstić information content (AvgIpc) is 2.95. The first-order chi connectivity index (χ1) is 12.6. The molecule has 0 aromatic carbocycles. The average molecular weight is 376 g/mol. The van der Waals surface area contributed by atoms with Gasteiger partial charge in [0.25, 0.3) is 0 Å². The Morgan fingerprint density at radius 1 is 1.22 bits per heavy atom. The van der Waals surface area contributed by atoms with Gasteiger partial charge in [-0.25, -0.2) is 0 Å². The Kier molecular flexibility index (Phi) is 4.36. The molecular weight excluding hydrogens is 344 g/mol. The standard InChI is InChI=1S/C22H32O5/c1-11(20(26)27)14-4-5-15-19-16(10-18(25)22(14,15)3)21(2)7-6-13(23)8-12(21)9-17(19)24/h8,11,14-19,24-25H,4-7,9-10H2,1-3H3,(H,26,27)/t11?,14?,15?,16?,17-,18+,19?,21+,22-/m1/s1. The third-order valence-corrected chi connectivity index (χ3v) is 9.16. The van der Waals surface area contributed by atoms with E-state index in [4.69, 9.17) is 0 Å². The number of rotatable bonds is 2. The highest BCUT2D eigenvalue weighted by Gasteiger charge is 2.65. The molecule has 0 aromatic rings. The molecule has 0 radical (unpaired) electrons. The molecule has 5 nitrogen and oxygen atoms in total. The maximum absolute atomic E-state index is 11.9. The molecule has 0 aromatic heterocycles. The Balaban J connectivity index is 1.73. The van der Waals surface area contributed by atoms with Gasteiger partial charge in [0.1, 0.15) is 0 Å². The van der Waals surface area contributed by atoms with Crippen LogP contribution in [0.5, 0.6) is 0 Å². The number of hydrogen-bond donors (Lipinski definition) is 3. The first-order valence-corrected chi connectivity index (χ1v) is 10.4. The quantitative estimate of drug-likeness (QED) is 0.689. The predicted molar refractivity (Wildman–Crippen MR) is 99.8 cm³/mol. The number of hydrogen-bond acceptors (Lipinski definition) is 4. The number of carbonyl (C=O) groups excluding carboxylic acids is 1. The minimum atomic E-state index is -0.802. The molecule has 3 saturated carbocycles. The molecule has 9 atom stereocenters. The molecule has 0 amide bonds. The second kappa shape index (κ2) is 6.15. The monoisotopic (exact) mass is 376 g/mol. The van der Waals surface area contributed by atoms with Crippen LogP contribution in [-0.2, 0) is 9.59 Å². The van der Waals surface area contributed by atoms with Gasteiger partial charge in [0.2, 0.25) is 0 Å². The molecule has 4 rings (SSSR count). The third kappa shape index (κ3) is 2.50. The number of carboxylic acid groups (broad SMARTS) is 1. The first kappa shape index (κ1) is 19.1. The molecule has 0 spiro atoms. The zero-order chi connectivity index (χ0) is 19.7. The molecule has 0 saturated heterocycles. The van der Waals surface area contributed by atoms with E-state index >= 15 is 0 Å². The van der Waals surface area contributed by atoms with E-state index in [0.717, 1.165) is 24.8 Å². The fourth-order valence-electron chi connectivity index (χ4n) is 7.52. The van der Waals surface area contributed by atoms with Gasteiger partial charge in [0, 0.05) is 11.8 Å². The number of ketones is 1. The second-order valence-electron chi connectivity index (χ2n) is 10.0. The van der Waals surface area contributed by atoms with Gasteiger partial charge in [0.05, 0.1) is 18.1 Å². The van der Waals surface area contributed by atoms with Crippen LogP contribution in [0.3, 0.4) is 0 Å². The second-order valence-corrected chi connectivity index (χ2v) is 10.0. The van der Waals surface area contributed by atoms with Crippen molar-refractivity contribution in [3.8, 4) is 0 Å². The summed E-state index contributed by atoms with van der Waals surface area (Å²) in [6.45, 7) is 6.02. The van der Waals surface area contributed by atoms with Crippen molar-refractivity contribution in [2.45, 2.75) is 71.5 Å². The van der Waals surface area contributed by atoms with E-state index in [0.29, 0.717) is 19.3 Å². The summed E-state index contributed by atoms with van der Waals surface area (Å²) in [7, 11) is 0.